The molecule has 1 aromatic rings. The molecule has 2 N–H and O–H groups in total. The number of amides is 3. The molecule has 1 aromatic carbocycles. The molecule has 0 aliphatic carbocycles. The standard InChI is InChI=1S/C16H23N3O2/c1-3-8-17-16(21)18-15(20)11-19-9-4-5-13-10-12(2)6-7-14(13)19/h6-7,10H,3-5,8-9,11H2,1-2H3,(H2,17,18,20,21). The van der Waals surface area contributed by atoms with Gasteiger partial charge in [0.05, 0.1) is 6.54 Å². The van der Waals surface area contributed by atoms with Gasteiger partial charge in [0.2, 0.25) is 5.91 Å². The average Bonchev–Trinajstić information content (AvgIpc) is 2.44. The molecule has 5 heteroatoms. The van der Waals surface area contributed by atoms with Crippen molar-refractivity contribution in [3.8, 4) is 0 Å². The highest BCUT2D eigenvalue weighted by Gasteiger charge is 2.19. The maximum atomic E-state index is 11.9. The number of anilines is 1. The SMILES string of the molecule is CCCNC(=O)NC(=O)CN1CCCc2cc(C)ccc21. The molecule has 1 aliphatic heterocycles. The van der Waals surface area contributed by atoms with Gasteiger partial charge in [-0.05, 0) is 37.8 Å². The van der Waals surface area contributed by atoms with Crippen molar-refractivity contribution in [2.45, 2.75) is 33.1 Å². The van der Waals surface area contributed by atoms with Crippen molar-refractivity contribution in [3.05, 3.63) is 29.3 Å². The fourth-order valence-corrected chi connectivity index (χ4v) is 2.59. The van der Waals surface area contributed by atoms with Gasteiger partial charge in [0, 0.05) is 18.8 Å². The first-order valence-corrected chi connectivity index (χ1v) is 7.52. The van der Waals surface area contributed by atoms with Gasteiger partial charge in [-0.15, -0.1) is 0 Å². The van der Waals surface area contributed by atoms with Gasteiger partial charge in [-0.3, -0.25) is 10.1 Å². The number of imide groups is 1. The van der Waals surface area contributed by atoms with Crippen LogP contribution in [-0.4, -0.2) is 31.6 Å². The summed E-state index contributed by atoms with van der Waals surface area (Å²) in [5.41, 5.74) is 3.62. The first-order valence-electron chi connectivity index (χ1n) is 7.52. The Morgan fingerprint density at radius 1 is 1.33 bits per heavy atom. The molecule has 0 saturated heterocycles. The van der Waals surface area contributed by atoms with Crippen molar-refractivity contribution < 1.29 is 9.59 Å². The Hall–Kier alpha value is -2.04. The van der Waals surface area contributed by atoms with E-state index in [1.165, 1.54) is 11.1 Å². The molecule has 0 bridgehead atoms. The Morgan fingerprint density at radius 2 is 2.14 bits per heavy atom. The van der Waals surface area contributed by atoms with Gasteiger partial charge in [0.25, 0.3) is 0 Å². The fourth-order valence-electron chi connectivity index (χ4n) is 2.59. The molecule has 1 aliphatic rings. The van der Waals surface area contributed by atoms with Crippen LogP contribution in [0.1, 0.15) is 30.9 Å². The molecule has 5 nitrogen and oxygen atoms in total. The maximum Gasteiger partial charge on any atom is 0.321 e. The summed E-state index contributed by atoms with van der Waals surface area (Å²) >= 11 is 0. The van der Waals surface area contributed by atoms with Crippen LogP contribution in [0.25, 0.3) is 0 Å². The molecular weight excluding hydrogens is 266 g/mol. The van der Waals surface area contributed by atoms with Crippen molar-refractivity contribution in [3.63, 3.8) is 0 Å². The zero-order chi connectivity index (χ0) is 15.2. The highest BCUT2D eigenvalue weighted by Crippen LogP contribution is 2.27. The number of rotatable bonds is 4. The minimum Gasteiger partial charge on any atom is -0.362 e. The van der Waals surface area contributed by atoms with Gasteiger partial charge in [-0.25, -0.2) is 4.79 Å². The molecule has 0 atom stereocenters. The van der Waals surface area contributed by atoms with Crippen LogP contribution in [0.15, 0.2) is 18.2 Å². The maximum absolute atomic E-state index is 11.9. The molecule has 0 spiro atoms. The summed E-state index contributed by atoms with van der Waals surface area (Å²) in [4.78, 5) is 25.5. The first kappa shape index (κ1) is 15.4. The Balaban J connectivity index is 1.95. The number of carbonyl (C=O) groups is 2. The van der Waals surface area contributed by atoms with Crippen molar-refractivity contribution in [2.75, 3.05) is 24.5 Å². The number of hydrogen-bond acceptors (Lipinski definition) is 3. The van der Waals surface area contributed by atoms with Gasteiger partial charge >= 0.3 is 6.03 Å². The monoisotopic (exact) mass is 289 g/mol. The van der Waals surface area contributed by atoms with E-state index in [-0.39, 0.29) is 12.5 Å². The summed E-state index contributed by atoms with van der Waals surface area (Å²) in [5, 5.41) is 5.01. The van der Waals surface area contributed by atoms with Gasteiger partial charge in [-0.2, -0.15) is 0 Å². The summed E-state index contributed by atoms with van der Waals surface area (Å²) in [5.74, 6) is -0.267. The molecule has 0 radical (unpaired) electrons. The zero-order valence-corrected chi connectivity index (χ0v) is 12.7. The molecular formula is C16H23N3O2. The van der Waals surface area contributed by atoms with Gasteiger partial charge in [-0.1, -0.05) is 24.6 Å². The van der Waals surface area contributed by atoms with E-state index >= 15 is 0 Å². The van der Waals surface area contributed by atoms with E-state index in [1.54, 1.807) is 0 Å². The number of hydrogen-bond donors (Lipinski definition) is 2. The lowest BCUT2D eigenvalue weighted by molar-refractivity contribution is -0.118. The Kier molecular flexibility index (Phi) is 5.20. The van der Waals surface area contributed by atoms with Crippen molar-refractivity contribution >= 4 is 17.6 Å². The fraction of sp³-hybridized carbons (Fsp3) is 0.500. The lowest BCUT2D eigenvalue weighted by Crippen LogP contribution is -2.45. The minimum absolute atomic E-state index is 0.218. The smallest absolute Gasteiger partial charge is 0.321 e. The number of aryl methyl sites for hydroxylation is 2. The lowest BCUT2D eigenvalue weighted by atomic mass is 9.99. The van der Waals surface area contributed by atoms with E-state index in [4.69, 9.17) is 0 Å². The summed E-state index contributed by atoms with van der Waals surface area (Å²) in [6.07, 6.45) is 2.93. The predicted octanol–water partition coefficient (Wildman–Crippen LogP) is 1.98. The predicted molar refractivity (Wildman–Crippen MR) is 83.5 cm³/mol. The summed E-state index contributed by atoms with van der Waals surface area (Å²) < 4.78 is 0. The van der Waals surface area contributed by atoms with Crippen molar-refractivity contribution in [1.29, 1.82) is 0 Å². The van der Waals surface area contributed by atoms with E-state index in [0.29, 0.717) is 6.54 Å². The van der Waals surface area contributed by atoms with E-state index in [1.807, 2.05) is 11.8 Å². The normalized spacial score (nSPS) is 13.5. The van der Waals surface area contributed by atoms with Crippen LogP contribution in [0.3, 0.4) is 0 Å². The van der Waals surface area contributed by atoms with E-state index in [2.05, 4.69) is 35.8 Å². The molecule has 2 rings (SSSR count). The Bertz CT molecular complexity index is 528. The summed E-state index contributed by atoms with van der Waals surface area (Å²) in [7, 11) is 0. The number of fused-ring (bicyclic) bond motifs is 1. The second-order valence-electron chi connectivity index (χ2n) is 5.46. The second kappa shape index (κ2) is 7.11. The van der Waals surface area contributed by atoms with Crippen molar-refractivity contribution in [2.24, 2.45) is 0 Å². The first-order chi connectivity index (χ1) is 10.1. The van der Waals surface area contributed by atoms with Crippen LogP contribution in [0, 0.1) is 6.92 Å². The summed E-state index contributed by atoms with van der Waals surface area (Å²) in [6.45, 7) is 5.68. The molecule has 114 valence electrons. The highest BCUT2D eigenvalue weighted by atomic mass is 16.2. The number of urea groups is 1. The van der Waals surface area contributed by atoms with Crippen LogP contribution < -0.4 is 15.5 Å². The quantitative estimate of drug-likeness (QED) is 0.891. The Morgan fingerprint density at radius 3 is 2.90 bits per heavy atom. The molecule has 0 aromatic heterocycles. The second-order valence-corrected chi connectivity index (χ2v) is 5.46. The Labute approximate surface area is 125 Å². The highest BCUT2D eigenvalue weighted by molar-refractivity contribution is 5.96. The number of nitrogens with one attached hydrogen (secondary N) is 2. The summed E-state index contributed by atoms with van der Waals surface area (Å²) in [6, 6.07) is 5.88. The number of benzene rings is 1. The van der Waals surface area contributed by atoms with Crippen LogP contribution in [0.4, 0.5) is 10.5 Å². The third-order valence-electron chi connectivity index (χ3n) is 3.57. The van der Waals surface area contributed by atoms with Gasteiger partial charge < -0.3 is 10.2 Å². The van der Waals surface area contributed by atoms with Crippen LogP contribution >= 0.6 is 0 Å². The molecule has 1 heterocycles. The third-order valence-corrected chi connectivity index (χ3v) is 3.57. The van der Waals surface area contributed by atoms with E-state index < -0.39 is 6.03 Å². The topological polar surface area (TPSA) is 61.4 Å². The van der Waals surface area contributed by atoms with Crippen LogP contribution in [0.5, 0.6) is 0 Å². The van der Waals surface area contributed by atoms with Crippen molar-refractivity contribution in [1.82, 2.24) is 10.6 Å². The molecule has 0 fully saturated rings. The number of carbonyl (C=O) groups excluding carboxylic acids is 2. The van der Waals surface area contributed by atoms with Gasteiger partial charge in [0.1, 0.15) is 0 Å². The third kappa shape index (κ3) is 4.21. The van der Waals surface area contributed by atoms with Crippen LogP contribution in [-0.2, 0) is 11.2 Å². The van der Waals surface area contributed by atoms with E-state index in [0.717, 1.165) is 31.5 Å². The molecule has 21 heavy (non-hydrogen) atoms. The number of nitrogens with zero attached hydrogens (tertiary/aromatic N) is 1. The minimum atomic E-state index is -0.414. The van der Waals surface area contributed by atoms with Crippen LogP contribution in [0.2, 0.25) is 0 Å². The van der Waals surface area contributed by atoms with Gasteiger partial charge in [0.15, 0.2) is 0 Å². The largest absolute Gasteiger partial charge is 0.362 e. The molecule has 3 amide bonds. The van der Waals surface area contributed by atoms with E-state index in [9.17, 15) is 9.59 Å². The zero-order valence-electron chi connectivity index (χ0n) is 12.7. The molecule has 0 unspecified atom stereocenters. The average molecular weight is 289 g/mol. The lowest BCUT2D eigenvalue weighted by Gasteiger charge is -2.30. The molecule has 0 saturated carbocycles.